The molecule has 0 aliphatic carbocycles. The number of hydrogen-bond acceptors (Lipinski definition) is 2. The Morgan fingerprint density at radius 3 is 2.06 bits per heavy atom. The lowest BCUT2D eigenvalue weighted by Gasteiger charge is -2.12. The van der Waals surface area contributed by atoms with Crippen LogP contribution in [-0.4, -0.2) is 6.54 Å². The Morgan fingerprint density at radius 1 is 0.833 bits per heavy atom. The van der Waals surface area contributed by atoms with Gasteiger partial charge in [0.25, 0.3) is 0 Å². The third-order valence-corrected chi connectivity index (χ3v) is 3.17. The zero-order valence-electron chi connectivity index (χ0n) is 10.5. The van der Waals surface area contributed by atoms with E-state index in [0.29, 0.717) is 6.54 Å². The SMILES string of the molecule is NCCC[C@@H](N)c1ccc(-c2ccccc2)cc1. The number of benzene rings is 2. The first kappa shape index (κ1) is 12.8. The Kier molecular flexibility index (Phi) is 4.51. The van der Waals surface area contributed by atoms with Crippen LogP contribution in [0.4, 0.5) is 0 Å². The first-order valence-corrected chi connectivity index (χ1v) is 6.42. The van der Waals surface area contributed by atoms with Crippen LogP contribution in [0.25, 0.3) is 11.1 Å². The van der Waals surface area contributed by atoms with Crippen LogP contribution in [0.3, 0.4) is 0 Å². The van der Waals surface area contributed by atoms with Crippen molar-refractivity contribution in [1.29, 1.82) is 0 Å². The lowest BCUT2D eigenvalue weighted by molar-refractivity contribution is 0.618. The average molecular weight is 240 g/mol. The van der Waals surface area contributed by atoms with Gasteiger partial charge in [-0.25, -0.2) is 0 Å². The Hall–Kier alpha value is -1.64. The van der Waals surface area contributed by atoms with Gasteiger partial charge in [0, 0.05) is 6.04 Å². The molecule has 0 aromatic heterocycles. The van der Waals surface area contributed by atoms with Crippen molar-refractivity contribution in [3.05, 3.63) is 60.2 Å². The van der Waals surface area contributed by atoms with Crippen LogP contribution in [0, 0.1) is 0 Å². The number of nitrogens with two attached hydrogens (primary N) is 2. The summed E-state index contributed by atoms with van der Waals surface area (Å²) >= 11 is 0. The summed E-state index contributed by atoms with van der Waals surface area (Å²) in [7, 11) is 0. The third-order valence-electron chi connectivity index (χ3n) is 3.17. The topological polar surface area (TPSA) is 52.0 Å². The molecule has 2 aromatic rings. The van der Waals surface area contributed by atoms with Gasteiger partial charge in [-0.15, -0.1) is 0 Å². The fraction of sp³-hybridized carbons (Fsp3) is 0.250. The molecule has 0 aliphatic heterocycles. The zero-order chi connectivity index (χ0) is 12.8. The highest BCUT2D eigenvalue weighted by atomic mass is 14.6. The van der Waals surface area contributed by atoms with E-state index in [9.17, 15) is 0 Å². The highest BCUT2D eigenvalue weighted by Crippen LogP contribution is 2.22. The molecule has 0 bridgehead atoms. The molecule has 0 amide bonds. The minimum absolute atomic E-state index is 0.0957. The predicted octanol–water partition coefficient (Wildman–Crippen LogP) is 3.09. The second-order valence-corrected chi connectivity index (χ2v) is 4.53. The minimum atomic E-state index is 0.0957. The van der Waals surface area contributed by atoms with Gasteiger partial charge in [0.05, 0.1) is 0 Å². The summed E-state index contributed by atoms with van der Waals surface area (Å²) in [5.74, 6) is 0. The van der Waals surface area contributed by atoms with Gasteiger partial charge < -0.3 is 11.5 Å². The molecular weight excluding hydrogens is 220 g/mol. The van der Waals surface area contributed by atoms with Crippen molar-refractivity contribution in [1.82, 2.24) is 0 Å². The average Bonchev–Trinajstić information content (AvgIpc) is 2.46. The second kappa shape index (κ2) is 6.34. The number of rotatable bonds is 5. The Bertz CT molecular complexity index is 462. The fourth-order valence-electron chi connectivity index (χ4n) is 2.06. The van der Waals surface area contributed by atoms with Crippen molar-refractivity contribution >= 4 is 0 Å². The highest BCUT2D eigenvalue weighted by molar-refractivity contribution is 5.63. The maximum absolute atomic E-state index is 6.11. The second-order valence-electron chi connectivity index (χ2n) is 4.53. The first-order valence-electron chi connectivity index (χ1n) is 6.42. The van der Waals surface area contributed by atoms with E-state index in [2.05, 4.69) is 48.5 Å². The van der Waals surface area contributed by atoms with Crippen molar-refractivity contribution in [2.45, 2.75) is 18.9 Å². The van der Waals surface area contributed by atoms with Crippen molar-refractivity contribution in [3.8, 4) is 11.1 Å². The standard InChI is InChI=1S/C16H20N2/c17-12-4-7-16(18)15-10-8-14(9-11-15)13-5-2-1-3-6-13/h1-3,5-6,8-11,16H,4,7,12,17-18H2/t16-/m1/s1. The van der Waals surface area contributed by atoms with Crippen molar-refractivity contribution in [2.75, 3.05) is 6.54 Å². The van der Waals surface area contributed by atoms with Crippen molar-refractivity contribution < 1.29 is 0 Å². The lowest BCUT2D eigenvalue weighted by atomic mass is 9.99. The molecule has 0 fully saturated rings. The summed E-state index contributed by atoms with van der Waals surface area (Å²) in [6, 6.07) is 18.9. The molecule has 18 heavy (non-hydrogen) atoms. The van der Waals surface area contributed by atoms with Crippen LogP contribution in [0.5, 0.6) is 0 Å². The van der Waals surface area contributed by atoms with E-state index in [1.807, 2.05) is 6.07 Å². The van der Waals surface area contributed by atoms with Gasteiger partial charge >= 0.3 is 0 Å². The fourth-order valence-corrected chi connectivity index (χ4v) is 2.06. The van der Waals surface area contributed by atoms with Gasteiger partial charge in [0.1, 0.15) is 0 Å². The Morgan fingerprint density at radius 2 is 1.44 bits per heavy atom. The minimum Gasteiger partial charge on any atom is -0.330 e. The first-order chi connectivity index (χ1) is 8.81. The van der Waals surface area contributed by atoms with Crippen molar-refractivity contribution in [2.24, 2.45) is 11.5 Å². The number of hydrogen-bond donors (Lipinski definition) is 2. The van der Waals surface area contributed by atoms with Crippen LogP contribution in [-0.2, 0) is 0 Å². The van der Waals surface area contributed by atoms with Gasteiger partial charge in [-0.05, 0) is 36.1 Å². The van der Waals surface area contributed by atoms with Crippen molar-refractivity contribution in [3.63, 3.8) is 0 Å². The van der Waals surface area contributed by atoms with Gasteiger partial charge in [0.2, 0.25) is 0 Å². The highest BCUT2D eigenvalue weighted by Gasteiger charge is 2.05. The Labute approximate surface area is 109 Å². The summed E-state index contributed by atoms with van der Waals surface area (Å²) in [5, 5.41) is 0. The van der Waals surface area contributed by atoms with Crippen LogP contribution in [0.2, 0.25) is 0 Å². The van der Waals surface area contributed by atoms with Gasteiger partial charge in [-0.3, -0.25) is 0 Å². The summed E-state index contributed by atoms with van der Waals surface area (Å²) in [4.78, 5) is 0. The molecule has 4 N–H and O–H groups in total. The lowest BCUT2D eigenvalue weighted by Crippen LogP contribution is -2.12. The summed E-state index contributed by atoms with van der Waals surface area (Å²) < 4.78 is 0. The van der Waals surface area contributed by atoms with E-state index in [4.69, 9.17) is 11.5 Å². The van der Waals surface area contributed by atoms with E-state index in [-0.39, 0.29) is 6.04 Å². The van der Waals surface area contributed by atoms with Gasteiger partial charge in [0.15, 0.2) is 0 Å². The molecule has 0 saturated carbocycles. The molecule has 2 aromatic carbocycles. The molecule has 0 saturated heterocycles. The van der Waals surface area contributed by atoms with Crippen LogP contribution < -0.4 is 11.5 Å². The van der Waals surface area contributed by atoms with E-state index in [1.165, 1.54) is 16.7 Å². The largest absolute Gasteiger partial charge is 0.330 e. The molecule has 0 heterocycles. The summed E-state index contributed by atoms with van der Waals surface area (Å²) in [5.41, 5.74) is 15.3. The van der Waals surface area contributed by atoms with E-state index >= 15 is 0 Å². The molecule has 94 valence electrons. The smallest absolute Gasteiger partial charge is 0.0295 e. The monoisotopic (exact) mass is 240 g/mol. The molecule has 1 atom stereocenters. The maximum atomic E-state index is 6.11. The summed E-state index contributed by atoms with van der Waals surface area (Å²) in [6.07, 6.45) is 1.92. The molecule has 2 heteroatoms. The molecule has 2 nitrogen and oxygen atoms in total. The van der Waals surface area contributed by atoms with Gasteiger partial charge in [-0.2, -0.15) is 0 Å². The van der Waals surface area contributed by atoms with E-state index in [1.54, 1.807) is 0 Å². The molecule has 0 spiro atoms. The molecule has 0 radical (unpaired) electrons. The zero-order valence-corrected chi connectivity index (χ0v) is 10.5. The third kappa shape index (κ3) is 3.19. The molecular formula is C16H20N2. The Balaban J connectivity index is 2.10. The molecule has 0 aliphatic rings. The normalized spacial score (nSPS) is 12.3. The predicted molar refractivity (Wildman–Crippen MR) is 77.1 cm³/mol. The van der Waals surface area contributed by atoms with Crippen LogP contribution in [0.15, 0.2) is 54.6 Å². The molecule has 2 rings (SSSR count). The van der Waals surface area contributed by atoms with E-state index in [0.717, 1.165) is 12.8 Å². The summed E-state index contributed by atoms with van der Waals surface area (Å²) in [6.45, 7) is 0.704. The van der Waals surface area contributed by atoms with Gasteiger partial charge in [-0.1, -0.05) is 54.6 Å². The van der Waals surface area contributed by atoms with Crippen LogP contribution in [0.1, 0.15) is 24.4 Å². The quantitative estimate of drug-likeness (QED) is 0.843. The van der Waals surface area contributed by atoms with Crippen LogP contribution >= 0.6 is 0 Å². The molecule has 0 unspecified atom stereocenters. The maximum Gasteiger partial charge on any atom is 0.0295 e. The van der Waals surface area contributed by atoms with E-state index < -0.39 is 0 Å².